The molecule has 0 saturated carbocycles. The molecule has 0 N–H and O–H groups in total. The molecule has 0 aliphatic carbocycles. The van der Waals surface area contributed by atoms with E-state index in [1.807, 2.05) is 0 Å². The lowest BCUT2D eigenvalue weighted by atomic mass is 10.2. The van der Waals surface area contributed by atoms with Crippen molar-refractivity contribution in [3.8, 4) is 11.8 Å². The average molecular weight is 223 g/mol. The number of hydrogen-bond donors (Lipinski definition) is 0. The highest BCUT2D eigenvalue weighted by molar-refractivity contribution is 5.44. The lowest BCUT2D eigenvalue weighted by molar-refractivity contribution is -0.274. The summed E-state index contributed by atoms with van der Waals surface area (Å²) in [5.41, 5.74) is -1.12. The molecule has 0 aliphatic heterocycles. The van der Waals surface area contributed by atoms with E-state index in [-0.39, 0.29) is 0 Å². The minimum atomic E-state index is -5.06. The van der Waals surface area contributed by atoms with Crippen molar-refractivity contribution in [3.63, 3.8) is 0 Å². The third-order valence-electron chi connectivity index (χ3n) is 1.39. The van der Waals surface area contributed by atoms with Gasteiger partial charge >= 0.3 is 6.36 Å². The zero-order valence-corrected chi connectivity index (χ0v) is 6.90. The number of benzene rings is 1. The van der Waals surface area contributed by atoms with E-state index < -0.39 is 29.3 Å². The molecule has 1 rings (SSSR count). The summed E-state index contributed by atoms with van der Waals surface area (Å²) in [7, 11) is 0. The number of rotatable bonds is 1. The molecule has 0 bridgehead atoms. The highest BCUT2D eigenvalue weighted by Crippen LogP contribution is 2.28. The van der Waals surface area contributed by atoms with Crippen LogP contribution in [0.1, 0.15) is 5.56 Å². The smallest absolute Gasteiger partial charge is 0.404 e. The molecule has 0 aromatic heterocycles. The molecular weight excluding hydrogens is 221 g/mol. The van der Waals surface area contributed by atoms with Crippen molar-refractivity contribution < 1.29 is 26.7 Å². The van der Waals surface area contributed by atoms with Crippen LogP contribution in [0.15, 0.2) is 12.1 Å². The highest BCUT2D eigenvalue weighted by Gasteiger charge is 2.33. The van der Waals surface area contributed by atoms with Gasteiger partial charge in [0.25, 0.3) is 0 Å². The first-order valence-electron chi connectivity index (χ1n) is 3.49. The van der Waals surface area contributed by atoms with Crippen LogP contribution >= 0.6 is 0 Å². The molecule has 0 heterocycles. The third kappa shape index (κ3) is 2.56. The van der Waals surface area contributed by atoms with Gasteiger partial charge in [-0.05, 0) is 12.1 Å². The quantitative estimate of drug-likeness (QED) is 0.685. The standard InChI is InChI=1S/C8H2F5NO/c9-5-1-2-6(15-8(11,12)13)4(3-14)7(5)10/h1-2H. The second-order valence-corrected chi connectivity index (χ2v) is 2.39. The predicted molar refractivity (Wildman–Crippen MR) is 37.8 cm³/mol. The van der Waals surface area contributed by atoms with Crippen LogP contribution in [0.2, 0.25) is 0 Å². The Balaban J connectivity index is 3.21. The van der Waals surface area contributed by atoms with E-state index in [1.54, 1.807) is 0 Å². The van der Waals surface area contributed by atoms with Crippen molar-refractivity contribution >= 4 is 0 Å². The molecule has 0 radical (unpaired) electrons. The molecule has 15 heavy (non-hydrogen) atoms. The number of halogens is 5. The van der Waals surface area contributed by atoms with E-state index >= 15 is 0 Å². The fourth-order valence-corrected chi connectivity index (χ4v) is 0.847. The van der Waals surface area contributed by atoms with Gasteiger partial charge in [-0.25, -0.2) is 8.78 Å². The molecule has 80 valence electrons. The Morgan fingerprint density at radius 3 is 2.27 bits per heavy atom. The van der Waals surface area contributed by atoms with Crippen molar-refractivity contribution in [2.24, 2.45) is 0 Å². The van der Waals surface area contributed by atoms with Crippen molar-refractivity contribution in [1.29, 1.82) is 5.26 Å². The van der Waals surface area contributed by atoms with Crippen LogP contribution in [0.3, 0.4) is 0 Å². The molecule has 0 spiro atoms. The molecule has 1 aromatic rings. The normalized spacial score (nSPS) is 10.9. The van der Waals surface area contributed by atoms with Gasteiger partial charge in [-0.1, -0.05) is 0 Å². The molecule has 0 aliphatic rings. The van der Waals surface area contributed by atoms with E-state index in [1.165, 1.54) is 0 Å². The predicted octanol–water partition coefficient (Wildman–Crippen LogP) is 2.74. The minimum absolute atomic E-state index is 0.442. The lowest BCUT2D eigenvalue weighted by Crippen LogP contribution is -2.18. The topological polar surface area (TPSA) is 33.0 Å². The SMILES string of the molecule is N#Cc1c(OC(F)(F)F)ccc(F)c1F. The summed E-state index contributed by atoms with van der Waals surface area (Å²) in [5.74, 6) is -4.15. The minimum Gasteiger partial charge on any atom is -0.404 e. The molecule has 2 nitrogen and oxygen atoms in total. The van der Waals surface area contributed by atoms with Gasteiger partial charge in [-0.3, -0.25) is 0 Å². The van der Waals surface area contributed by atoms with Crippen molar-refractivity contribution in [3.05, 3.63) is 29.3 Å². The molecule has 0 amide bonds. The summed E-state index contributed by atoms with van der Waals surface area (Å²) in [4.78, 5) is 0. The fourth-order valence-electron chi connectivity index (χ4n) is 0.847. The Kier molecular flexibility index (Phi) is 2.79. The number of ether oxygens (including phenoxy) is 1. The molecule has 1 aromatic carbocycles. The van der Waals surface area contributed by atoms with Crippen molar-refractivity contribution in [1.82, 2.24) is 0 Å². The maximum atomic E-state index is 12.8. The van der Waals surface area contributed by atoms with Crippen LogP contribution in [-0.4, -0.2) is 6.36 Å². The Hall–Kier alpha value is -1.84. The van der Waals surface area contributed by atoms with Crippen LogP contribution in [0.5, 0.6) is 5.75 Å². The van der Waals surface area contributed by atoms with Gasteiger partial charge in [0.05, 0.1) is 0 Å². The van der Waals surface area contributed by atoms with Crippen LogP contribution in [0.4, 0.5) is 22.0 Å². The Labute approximate surface area is 80.5 Å². The van der Waals surface area contributed by atoms with Gasteiger partial charge in [0.2, 0.25) is 0 Å². The summed E-state index contributed by atoms with van der Waals surface area (Å²) in [6, 6.07) is 2.06. The first kappa shape index (κ1) is 11.2. The van der Waals surface area contributed by atoms with E-state index in [0.717, 1.165) is 6.07 Å². The number of nitriles is 1. The van der Waals surface area contributed by atoms with Crippen LogP contribution in [0, 0.1) is 23.0 Å². The van der Waals surface area contributed by atoms with E-state index in [4.69, 9.17) is 5.26 Å². The summed E-state index contributed by atoms with van der Waals surface area (Å²) in [5, 5.41) is 8.32. The molecule has 0 atom stereocenters. The lowest BCUT2D eigenvalue weighted by Gasteiger charge is -2.10. The third-order valence-corrected chi connectivity index (χ3v) is 1.39. The maximum Gasteiger partial charge on any atom is 0.573 e. The van der Waals surface area contributed by atoms with Gasteiger partial charge in [-0.2, -0.15) is 5.26 Å². The number of nitrogens with zero attached hydrogens (tertiary/aromatic N) is 1. The van der Waals surface area contributed by atoms with Crippen molar-refractivity contribution in [2.45, 2.75) is 6.36 Å². The Morgan fingerprint density at radius 1 is 1.20 bits per heavy atom. The summed E-state index contributed by atoms with van der Waals surface area (Å²) < 4.78 is 63.9. The van der Waals surface area contributed by atoms with Gasteiger partial charge in [0, 0.05) is 0 Å². The van der Waals surface area contributed by atoms with Crippen LogP contribution in [0.25, 0.3) is 0 Å². The van der Waals surface area contributed by atoms with E-state index in [2.05, 4.69) is 4.74 Å². The first-order chi connectivity index (χ1) is 6.85. The van der Waals surface area contributed by atoms with Gasteiger partial charge in [0.15, 0.2) is 11.6 Å². The monoisotopic (exact) mass is 223 g/mol. The van der Waals surface area contributed by atoms with Gasteiger partial charge in [0.1, 0.15) is 17.4 Å². The fraction of sp³-hybridized carbons (Fsp3) is 0.125. The van der Waals surface area contributed by atoms with Gasteiger partial charge < -0.3 is 4.74 Å². The average Bonchev–Trinajstić information content (AvgIpc) is 2.10. The van der Waals surface area contributed by atoms with Crippen LogP contribution in [-0.2, 0) is 0 Å². The molecule has 0 unspecified atom stereocenters. The number of alkyl halides is 3. The van der Waals surface area contributed by atoms with Crippen LogP contribution < -0.4 is 4.74 Å². The highest BCUT2D eigenvalue weighted by atomic mass is 19.4. The maximum absolute atomic E-state index is 12.8. The second-order valence-electron chi connectivity index (χ2n) is 2.39. The molecule has 0 fully saturated rings. The summed E-state index contributed by atoms with van der Waals surface area (Å²) in [6.07, 6.45) is -5.06. The van der Waals surface area contributed by atoms with Gasteiger partial charge in [-0.15, -0.1) is 13.2 Å². The van der Waals surface area contributed by atoms with Crippen molar-refractivity contribution in [2.75, 3.05) is 0 Å². The summed E-state index contributed by atoms with van der Waals surface area (Å²) in [6.45, 7) is 0. The largest absolute Gasteiger partial charge is 0.573 e. The zero-order chi connectivity index (χ0) is 11.6. The van der Waals surface area contributed by atoms with E-state index in [9.17, 15) is 22.0 Å². The Bertz CT molecular complexity index is 420. The number of hydrogen-bond acceptors (Lipinski definition) is 2. The molecular formula is C8H2F5NO. The zero-order valence-electron chi connectivity index (χ0n) is 6.90. The molecule has 0 saturated heterocycles. The second kappa shape index (κ2) is 3.73. The Morgan fingerprint density at radius 2 is 1.80 bits per heavy atom. The first-order valence-corrected chi connectivity index (χ1v) is 3.49. The molecule has 7 heteroatoms. The summed E-state index contributed by atoms with van der Waals surface area (Å²) >= 11 is 0. The van der Waals surface area contributed by atoms with E-state index in [0.29, 0.717) is 12.1 Å².